The van der Waals surface area contributed by atoms with Gasteiger partial charge in [-0.15, -0.1) is 0 Å². The zero-order chi connectivity index (χ0) is 10.4. The average molecular weight is 201 g/mol. The molecule has 5 nitrogen and oxygen atoms in total. The number of nitrogens with two attached hydrogens (primary N) is 1. The van der Waals surface area contributed by atoms with E-state index in [1.54, 1.807) is 0 Å². The Labute approximate surface area is 84.2 Å². The SMILES string of the molecule is NNC(=O)CCCN(CCO)C1CC1. The van der Waals surface area contributed by atoms with Gasteiger partial charge in [0.15, 0.2) is 0 Å². The van der Waals surface area contributed by atoms with Crippen LogP contribution < -0.4 is 11.3 Å². The van der Waals surface area contributed by atoms with E-state index in [1.807, 2.05) is 0 Å². The second-order valence-corrected chi connectivity index (χ2v) is 3.66. The van der Waals surface area contributed by atoms with Gasteiger partial charge in [0.05, 0.1) is 6.61 Å². The zero-order valence-electron chi connectivity index (χ0n) is 8.41. The van der Waals surface area contributed by atoms with E-state index in [9.17, 15) is 4.79 Å². The van der Waals surface area contributed by atoms with E-state index in [2.05, 4.69) is 10.3 Å². The molecule has 1 aliphatic rings. The standard InChI is InChI=1S/C9H19N3O2/c10-11-9(14)2-1-5-12(6-7-13)8-3-4-8/h8,13H,1-7,10H2,(H,11,14). The third-order valence-electron chi connectivity index (χ3n) is 2.46. The van der Waals surface area contributed by atoms with Gasteiger partial charge in [-0.2, -0.15) is 0 Å². The summed E-state index contributed by atoms with van der Waals surface area (Å²) in [5.74, 6) is 4.85. The lowest BCUT2D eigenvalue weighted by Crippen LogP contribution is -2.33. The first kappa shape index (κ1) is 11.4. The minimum atomic E-state index is -0.121. The van der Waals surface area contributed by atoms with Crippen molar-refractivity contribution in [2.45, 2.75) is 31.7 Å². The molecular weight excluding hydrogens is 182 g/mol. The van der Waals surface area contributed by atoms with Crippen LogP contribution in [0.2, 0.25) is 0 Å². The van der Waals surface area contributed by atoms with E-state index in [1.165, 1.54) is 12.8 Å². The highest BCUT2D eigenvalue weighted by Gasteiger charge is 2.27. The number of hydrazine groups is 1. The summed E-state index contributed by atoms with van der Waals surface area (Å²) < 4.78 is 0. The van der Waals surface area contributed by atoms with Crippen molar-refractivity contribution >= 4 is 5.91 Å². The molecule has 0 aromatic carbocycles. The Morgan fingerprint density at radius 3 is 2.71 bits per heavy atom. The minimum Gasteiger partial charge on any atom is -0.395 e. The van der Waals surface area contributed by atoms with Gasteiger partial charge in [-0.1, -0.05) is 0 Å². The number of carbonyl (C=O) groups is 1. The fraction of sp³-hybridized carbons (Fsp3) is 0.889. The Morgan fingerprint density at radius 2 is 2.21 bits per heavy atom. The number of aliphatic hydroxyl groups excluding tert-OH is 1. The molecule has 0 spiro atoms. The Hall–Kier alpha value is -0.650. The molecule has 0 bridgehead atoms. The number of aliphatic hydroxyl groups is 1. The molecule has 0 radical (unpaired) electrons. The number of nitrogens with one attached hydrogen (secondary N) is 1. The molecule has 5 heteroatoms. The molecule has 0 aromatic heterocycles. The summed E-state index contributed by atoms with van der Waals surface area (Å²) in [4.78, 5) is 13.1. The predicted octanol–water partition coefficient (Wildman–Crippen LogP) is -0.787. The molecule has 0 aliphatic heterocycles. The van der Waals surface area contributed by atoms with Crippen LogP contribution in [0.3, 0.4) is 0 Å². The number of hydrogen-bond acceptors (Lipinski definition) is 4. The summed E-state index contributed by atoms with van der Waals surface area (Å²) in [5.41, 5.74) is 2.11. The highest BCUT2D eigenvalue weighted by molar-refractivity contribution is 5.75. The first-order valence-electron chi connectivity index (χ1n) is 5.12. The van der Waals surface area contributed by atoms with Crippen LogP contribution in [0.5, 0.6) is 0 Å². The van der Waals surface area contributed by atoms with Crippen molar-refractivity contribution in [3.05, 3.63) is 0 Å². The zero-order valence-corrected chi connectivity index (χ0v) is 8.41. The topological polar surface area (TPSA) is 78.6 Å². The predicted molar refractivity (Wildman–Crippen MR) is 53.2 cm³/mol. The molecular formula is C9H19N3O2. The second-order valence-electron chi connectivity index (χ2n) is 3.66. The van der Waals surface area contributed by atoms with Crippen LogP contribution in [-0.4, -0.2) is 41.7 Å². The van der Waals surface area contributed by atoms with E-state index < -0.39 is 0 Å². The molecule has 0 heterocycles. The van der Waals surface area contributed by atoms with E-state index in [-0.39, 0.29) is 12.5 Å². The smallest absolute Gasteiger partial charge is 0.233 e. The Bertz CT molecular complexity index is 183. The number of hydrogen-bond donors (Lipinski definition) is 3. The maximum Gasteiger partial charge on any atom is 0.233 e. The van der Waals surface area contributed by atoms with Crippen LogP contribution in [0.4, 0.5) is 0 Å². The lowest BCUT2D eigenvalue weighted by molar-refractivity contribution is -0.121. The number of amides is 1. The highest BCUT2D eigenvalue weighted by atomic mass is 16.3. The van der Waals surface area contributed by atoms with Crippen LogP contribution in [0, 0.1) is 0 Å². The summed E-state index contributed by atoms with van der Waals surface area (Å²) in [5, 5.41) is 8.83. The number of nitrogens with zero attached hydrogens (tertiary/aromatic N) is 1. The van der Waals surface area contributed by atoms with Gasteiger partial charge in [-0.3, -0.25) is 15.1 Å². The minimum absolute atomic E-state index is 0.121. The Balaban J connectivity index is 2.10. The van der Waals surface area contributed by atoms with Crippen LogP contribution in [0.25, 0.3) is 0 Å². The lowest BCUT2D eigenvalue weighted by Gasteiger charge is -2.20. The van der Waals surface area contributed by atoms with Crippen molar-refractivity contribution in [3.8, 4) is 0 Å². The summed E-state index contributed by atoms with van der Waals surface area (Å²) in [6.45, 7) is 1.78. The fourth-order valence-corrected chi connectivity index (χ4v) is 1.56. The van der Waals surface area contributed by atoms with Gasteiger partial charge in [-0.05, 0) is 25.8 Å². The van der Waals surface area contributed by atoms with Crippen molar-refractivity contribution in [1.29, 1.82) is 0 Å². The van der Waals surface area contributed by atoms with E-state index in [0.29, 0.717) is 12.5 Å². The molecule has 14 heavy (non-hydrogen) atoms. The molecule has 4 N–H and O–H groups in total. The van der Waals surface area contributed by atoms with E-state index in [0.717, 1.165) is 19.5 Å². The first-order chi connectivity index (χ1) is 6.77. The summed E-state index contributed by atoms with van der Waals surface area (Å²) >= 11 is 0. The van der Waals surface area contributed by atoms with Crippen molar-refractivity contribution < 1.29 is 9.90 Å². The van der Waals surface area contributed by atoms with Crippen LogP contribution >= 0.6 is 0 Å². The van der Waals surface area contributed by atoms with Crippen LogP contribution in [-0.2, 0) is 4.79 Å². The summed E-state index contributed by atoms with van der Waals surface area (Å²) in [6.07, 6.45) is 3.72. The van der Waals surface area contributed by atoms with E-state index in [4.69, 9.17) is 10.9 Å². The monoisotopic (exact) mass is 201 g/mol. The van der Waals surface area contributed by atoms with Gasteiger partial charge in [0.2, 0.25) is 5.91 Å². The maximum atomic E-state index is 10.8. The molecule has 0 unspecified atom stereocenters. The van der Waals surface area contributed by atoms with Gasteiger partial charge >= 0.3 is 0 Å². The summed E-state index contributed by atoms with van der Waals surface area (Å²) in [7, 11) is 0. The quantitative estimate of drug-likeness (QED) is 0.287. The molecule has 82 valence electrons. The lowest BCUT2D eigenvalue weighted by atomic mass is 10.2. The number of carbonyl (C=O) groups excluding carboxylic acids is 1. The third kappa shape index (κ3) is 4.04. The van der Waals surface area contributed by atoms with Gasteiger partial charge in [0.1, 0.15) is 0 Å². The van der Waals surface area contributed by atoms with Crippen molar-refractivity contribution in [2.75, 3.05) is 19.7 Å². The molecule has 0 atom stereocenters. The molecule has 1 rings (SSSR count). The third-order valence-corrected chi connectivity index (χ3v) is 2.46. The first-order valence-corrected chi connectivity index (χ1v) is 5.12. The summed E-state index contributed by atoms with van der Waals surface area (Å²) in [6, 6.07) is 0.642. The Morgan fingerprint density at radius 1 is 1.50 bits per heavy atom. The van der Waals surface area contributed by atoms with Gasteiger partial charge in [0.25, 0.3) is 0 Å². The van der Waals surface area contributed by atoms with Gasteiger partial charge in [-0.25, -0.2) is 5.84 Å². The van der Waals surface area contributed by atoms with Crippen LogP contribution in [0.15, 0.2) is 0 Å². The Kier molecular flexibility index (Phi) is 4.86. The molecule has 0 aromatic rings. The highest BCUT2D eigenvalue weighted by Crippen LogP contribution is 2.26. The van der Waals surface area contributed by atoms with Crippen molar-refractivity contribution in [3.63, 3.8) is 0 Å². The molecule has 1 amide bonds. The molecule has 0 saturated heterocycles. The van der Waals surface area contributed by atoms with Gasteiger partial charge in [0, 0.05) is 19.0 Å². The largest absolute Gasteiger partial charge is 0.395 e. The normalized spacial score (nSPS) is 15.9. The van der Waals surface area contributed by atoms with Crippen molar-refractivity contribution in [1.82, 2.24) is 10.3 Å². The van der Waals surface area contributed by atoms with E-state index >= 15 is 0 Å². The van der Waals surface area contributed by atoms with Crippen LogP contribution in [0.1, 0.15) is 25.7 Å². The number of rotatable bonds is 7. The maximum absolute atomic E-state index is 10.8. The molecule has 1 aliphatic carbocycles. The molecule has 1 fully saturated rings. The van der Waals surface area contributed by atoms with Crippen molar-refractivity contribution in [2.24, 2.45) is 5.84 Å². The second kappa shape index (κ2) is 5.95. The fourth-order valence-electron chi connectivity index (χ4n) is 1.56. The van der Waals surface area contributed by atoms with Gasteiger partial charge < -0.3 is 5.11 Å². The molecule has 1 saturated carbocycles. The average Bonchev–Trinajstić information content (AvgIpc) is 2.99.